The SMILES string of the molecule is Cc1cc(NC(=O)c2cc(-c3ccc(C)c(F)c3)on2)no1. The van der Waals surface area contributed by atoms with E-state index in [9.17, 15) is 9.18 Å². The number of hydrogen-bond donors (Lipinski definition) is 1. The lowest BCUT2D eigenvalue weighted by molar-refractivity contribution is 0.101. The van der Waals surface area contributed by atoms with E-state index in [0.717, 1.165) is 0 Å². The maximum atomic E-state index is 13.6. The quantitative estimate of drug-likeness (QED) is 0.802. The molecule has 0 unspecified atom stereocenters. The minimum Gasteiger partial charge on any atom is -0.360 e. The molecule has 7 heteroatoms. The highest BCUT2D eigenvalue weighted by Crippen LogP contribution is 2.23. The molecule has 0 aliphatic carbocycles. The Kier molecular flexibility index (Phi) is 3.46. The van der Waals surface area contributed by atoms with Gasteiger partial charge in [0.2, 0.25) is 0 Å². The molecule has 0 aliphatic heterocycles. The van der Waals surface area contributed by atoms with E-state index in [2.05, 4.69) is 15.6 Å². The van der Waals surface area contributed by atoms with Gasteiger partial charge in [-0.05, 0) is 25.5 Å². The Morgan fingerprint density at radius 1 is 1.14 bits per heavy atom. The van der Waals surface area contributed by atoms with Gasteiger partial charge < -0.3 is 14.4 Å². The second-order valence-corrected chi connectivity index (χ2v) is 4.82. The lowest BCUT2D eigenvalue weighted by atomic mass is 10.1. The first-order valence-corrected chi connectivity index (χ1v) is 6.51. The molecule has 3 aromatic rings. The molecule has 1 aromatic carbocycles. The molecule has 0 bridgehead atoms. The van der Waals surface area contributed by atoms with Crippen molar-refractivity contribution >= 4 is 11.7 Å². The Balaban J connectivity index is 1.80. The van der Waals surface area contributed by atoms with Gasteiger partial charge in [0.15, 0.2) is 17.3 Å². The number of nitrogens with zero attached hydrogens (tertiary/aromatic N) is 2. The van der Waals surface area contributed by atoms with Crippen molar-refractivity contribution in [3.8, 4) is 11.3 Å². The van der Waals surface area contributed by atoms with Crippen LogP contribution in [0.5, 0.6) is 0 Å². The summed E-state index contributed by atoms with van der Waals surface area (Å²) in [6.45, 7) is 3.38. The first-order chi connectivity index (χ1) is 10.5. The monoisotopic (exact) mass is 301 g/mol. The summed E-state index contributed by atoms with van der Waals surface area (Å²) in [4.78, 5) is 12.0. The van der Waals surface area contributed by atoms with Crippen LogP contribution in [0, 0.1) is 19.7 Å². The number of carbonyl (C=O) groups is 1. The van der Waals surface area contributed by atoms with E-state index in [4.69, 9.17) is 9.05 Å². The van der Waals surface area contributed by atoms with E-state index in [1.165, 1.54) is 12.1 Å². The van der Waals surface area contributed by atoms with Gasteiger partial charge in [-0.15, -0.1) is 0 Å². The van der Waals surface area contributed by atoms with Crippen molar-refractivity contribution in [3.05, 3.63) is 53.2 Å². The largest absolute Gasteiger partial charge is 0.360 e. The zero-order valence-corrected chi connectivity index (χ0v) is 11.9. The lowest BCUT2D eigenvalue weighted by Gasteiger charge is -1.98. The third-order valence-electron chi connectivity index (χ3n) is 3.07. The Hall–Kier alpha value is -2.96. The van der Waals surface area contributed by atoms with Crippen LogP contribution < -0.4 is 5.32 Å². The van der Waals surface area contributed by atoms with Crippen LogP contribution in [-0.2, 0) is 0 Å². The lowest BCUT2D eigenvalue weighted by Crippen LogP contribution is -2.12. The van der Waals surface area contributed by atoms with Gasteiger partial charge in [-0.25, -0.2) is 4.39 Å². The maximum Gasteiger partial charge on any atom is 0.279 e. The number of hydrogen-bond acceptors (Lipinski definition) is 5. The maximum absolute atomic E-state index is 13.6. The predicted molar refractivity (Wildman–Crippen MR) is 75.8 cm³/mol. The van der Waals surface area contributed by atoms with Gasteiger partial charge in [0.05, 0.1) is 0 Å². The van der Waals surface area contributed by atoms with E-state index >= 15 is 0 Å². The highest BCUT2D eigenvalue weighted by molar-refractivity contribution is 6.02. The van der Waals surface area contributed by atoms with Crippen LogP contribution >= 0.6 is 0 Å². The summed E-state index contributed by atoms with van der Waals surface area (Å²) in [6, 6.07) is 7.67. The highest BCUT2D eigenvalue weighted by atomic mass is 19.1. The normalized spacial score (nSPS) is 10.7. The average molecular weight is 301 g/mol. The molecule has 1 amide bonds. The molecule has 0 atom stereocenters. The van der Waals surface area contributed by atoms with Crippen LogP contribution in [0.25, 0.3) is 11.3 Å². The van der Waals surface area contributed by atoms with Crippen LogP contribution in [0.15, 0.2) is 39.4 Å². The fourth-order valence-electron chi connectivity index (χ4n) is 1.87. The van der Waals surface area contributed by atoms with E-state index in [0.29, 0.717) is 22.6 Å². The number of rotatable bonds is 3. The van der Waals surface area contributed by atoms with Crippen molar-refractivity contribution in [1.82, 2.24) is 10.3 Å². The molecule has 112 valence electrons. The Labute approximate surface area is 124 Å². The summed E-state index contributed by atoms with van der Waals surface area (Å²) >= 11 is 0. The van der Waals surface area contributed by atoms with Crippen molar-refractivity contribution in [2.24, 2.45) is 0 Å². The number of benzene rings is 1. The smallest absolute Gasteiger partial charge is 0.279 e. The van der Waals surface area contributed by atoms with E-state index in [-0.39, 0.29) is 17.3 Å². The molecule has 0 saturated carbocycles. The number of aromatic nitrogens is 2. The number of anilines is 1. The summed E-state index contributed by atoms with van der Waals surface area (Å²) in [5.74, 6) is 0.328. The molecule has 0 fully saturated rings. The Bertz CT molecular complexity index is 838. The fourth-order valence-corrected chi connectivity index (χ4v) is 1.87. The number of nitrogens with one attached hydrogen (secondary N) is 1. The first kappa shape index (κ1) is 14.0. The third kappa shape index (κ3) is 2.73. The predicted octanol–water partition coefficient (Wildman–Crippen LogP) is 3.34. The zero-order valence-electron chi connectivity index (χ0n) is 11.9. The molecular weight excluding hydrogens is 289 g/mol. The van der Waals surface area contributed by atoms with Crippen molar-refractivity contribution in [2.45, 2.75) is 13.8 Å². The first-order valence-electron chi connectivity index (χ1n) is 6.51. The fraction of sp³-hybridized carbons (Fsp3) is 0.133. The summed E-state index contributed by atoms with van der Waals surface area (Å²) < 4.78 is 23.5. The summed E-state index contributed by atoms with van der Waals surface area (Å²) in [5.41, 5.74) is 1.10. The van der Waals surface area contributed by atoms with Crippen LogP contribution in [0.2, 0.25) is 0 Å². The van der Waals surface area contributed by atoms with Crippen molar-refractivity contribution in [2.75, 3.05) is 5.32 Å². The van der Waals surface area contributed by atoms with Crippen molar-refractivity contribution in [1.29, 1.82) is 0 Å². The number of carbonyl (C=O) groups excluding carboxylic acids is 1. The van der Waals surface area contributed by atoms with Gasteiger partial charge in [0.1, 0.15) is 11.6 Å². The summed E-state index contributed by atoms with van der Waals surface area (Å²) in [6.07, 6.45) is 0. The van der Waals surface area contributed by atoms with Gasteiger partial charge in [0, 0.05) is 17.7 Å². The van der Waals surface area contributed by atoms with Crippen molar-refractivity contribution < 1.29 is 18.2 Å². The molecule has 0 spiro atoms. The van der Waals surface area contributed by atoms with Gasteiger partial charge in [-0.1, -0.05) is 22.4 Å². The van der Waals surface area contributed by atoms with E-state index in [1.54, 1.807) is 32.0 Å². The topological polar surface area (TPSA) is 81.2 Å². The standard InChI is InChI=1S/C15H12FN3O3/c1-8-3-4-10(6-11(8)16)13-7-12(18-22-13)15(20)17-14-5-9(2)21-19-14/h3-7H,1-2H3,(H,17,19,20). The molecule has 6 nitrogen and oxygen atoms in total. The van der Waals surface area contributed by atoms with Crippen LogP contribution in [0.3, 0.4) is 0 Å². The molecule has 2 heterocycles. The van der Waals surface area contributed by atoms with Crippen LogP contribution in [0.4, 0.5) is 10.2 Å². The number of amides is 1. The van der Waals surface area contributed by atoms with Gasteiger partial charge in [-0.2, -0.15) is 0 Å². The number of aryl methyl sites for hydroxylation is 2. The molecule has 0 radical (unpaired) electrons. The Morgan fingerprint density at radius 3 is 2.64 bits per heavy atom. The second kappa shape index (κ2) is 5.44. The zero-order chi connectivity index (χ0) is 15.7. The van der Waals surface area contributed by atoms with Crippen molar-refractivity contribution in [3.63, 3.8) is 0 Å². The van der Waals surface area contributed by atoms with E-state index in [1.807, 2.05) is 0 Å². The summed E-state index contributed by atoms with van der Waals surface area (Å²) in [7, 11) is 0. The van der Waals surface area contributed by atoms with Crippen LogP contribution in [-0.4, -0.2) is 16.2 Å². The molecular formula is C15H12FN3O3. The molecule has 2 aromatic heterocycles. The molecule has 3 rings (SSSR count). The summed E-state index contributed by atoms with van der Waals surface area (Å²) in [5, 5.41) is 9.86. The Morgan fingerprint density at radius 2 is 1.95 bits per heavy atom. The second-order valence-electron chi connectivity index (χ2n) is 4.82. The van der Waals surface area contributed by atoms with Gasteiger partial charge >= 0.3 is 0 Å². The van der Waals surface area contributed by atoms with Gasteiger partial charge in [-0.3, -0.25) is 4.79 Å². The highest BCUT2D eigenvalue weighted by Gasteiger charge is 2.16. The minimum absolute atomic E-state index is 0.0663. The molecule has 0 saturated heterocycles. The third-order valence-corrected chi connectivity index (χ3v) is 3.07. The molecule has 1 N–H and O–H groups in total. The van der Waals surface area contributed by atoms with E-state index < -0.39 is 5.91 Å². The number of halogens is 1. The minimum atomic E-state index is -0.490. The molecule has 22 heavy (non-hydrogen) atoms. The average Bonchev–Trinajstić information content (AvgIpc) is 3.11. The van der Waals surface area contributed by atoms with Crippen LogP contribution in [0.1, 0.15) is 21.8 Å². The van der Waals surface area contributed by atoms with Gasteiger partial charge in [0.25, 0.3) is 5.91 Å². The molecule has 0 aliphatic rings.